The van der Waals surface area contributed by atoms with Gasteiger partial charge < -0.3 is 9.88 Å². The molecule has 0 bridgehead atoms. The first-order valence-corrected chi connectivity index (χ1v) is 7.66. The van der Waals surface area contributed by atoms with Crippen molar-refractivity contribution in [2.24, 2.45) is 0 Å². The van der Waals surface area contributed by atoms with E-state index in [0.29, 0.717) is 12.1 Å². The van der Waals surface area contributed by atoms with Crippen LogP contribution in [0, 0.1) is 0 Å². The van der Waals surface area contributed by atoms with Crippen LogP contribution in [-0.2, 0) is 6.42 Å². The first-order valence-electron chi connectivity index (χ1n) is 7.66. The third-order valence-electron chi connectivity index (χ3n) is 4.15. The highest BCUT2D eigenvalue weighted by molar-refractivity contribution is 5.29. The molecule has 1 aliphatic rings. The Bertz CT molecular complexity index is 526. The van der Waals surface area contributed by atoms with Crippen molar-refractivity contribution in [1.29, 1.82) is 0 Å². The van der Waals surface area contributed by atoms with Crippen molar-refractivity contribution >= 4 is 5.95 Å². The molecule has 0 spiro atoms. The van der Waals surface area contributed by atoms with E-state index in [1.807, 2.05) is 6.20 Å². The quantitative estimate of drug-likeness (QED) is 0.887. The standard InChI is InChI=1S/C17H23N3/c1-14(13-15-7-3-2-4-8-15)19-17-18-11-12-20(17)16-9-5-6-10-16/h2-4,7-8,11-12,14,16H,5-6,9-10,13H2,1H3,(H,18,19). The van der Waals surface area contributed by atoms with Crippen LogP contribution in [0.5, 0.6) is 0 Å². The van der Waals surface area contributed by atoms with Gasteiger partial charge in [0, 0.05) is 24.5 Å². The molecule has 3 heteroatoms. The van der Waals surface area contributed by atoms with Crippen LogP contribution in [0.2, 0.25) is 0 Å². The summed E-state index contributed by atoms with van der Waals surface area (Å²) in [6, 6.07) is 11.7. The molecular formula is C17H23N3. The summed E-state index contributed by atoms with van der Waals surface area (Å²) in [4.78, 5) is 4.49. The highest BCUT2D eigenvalue weighted by Crippen LogP contribution is 2.31. The van der Waals surface area contributed by atoms with Crippen LogP contribution in [0.1, 0.15) is 44.2 Å². The van der Waals surface area contributed by atoms with Gasteiger partial charge in [-0.2, -0.15) is 0 Å². The van der Waals surface area contributed by atoms with E-state index in [4.69, 9.17) is 0 Å². The fourth-order valence-corrected chi connectivity index (χ4v) is 3.14. The van der Waals surface area contributed by atoms with Crippen molar-refractivity contribution in [3.05, 3.63) is 48.3 Å². The molecule has 0 amide bonds. The zero-order valence-electron chi connectivity index (χ0n) is 12.1. The molecule has 1 fully saturated rings. The largest absolute Gasteiger partial charge is 0.353 e. The summed E-state index contributed by atoms with van der Waals surface area (Å²) in [5, 5.41) is 3.57. The smallest absolute Gasteiger partial charge is 0.203 e. The van der Waals surface area contributed by atoms with Gasteiger partial charge in [0.25, 0.3) is 0 Å². The SMILES string of the molecule is CC(Cc1ccccc1)Nc1nccn1C1CCCC1. The molecule has 1 unspecified atom stereocenters. The fraction of sp³-hybridized carbons (Fsp3) is 0.471. The predicted octanol–water partition coefficient (Wildman–Crippen LogP) is 4.04. The third kappa shape index (κ3) is 3.03. The van der Waals surface area contributed by atoms with Gasteiger partial charge in [-0.1, -0.05) is 43.2 Å². The normalized spacial score (nSPS) is 17.2. The van der Waals surface area contributed by atoms with Crippen LogP contribution < -0.4 is 5.32 Å². The number of hydrogen-bond acceptors (Lipinski definition) is 2. The lowest BCUT2D eigenvalue weighted by Crippen LogP contribution is -2.21. The number of aromatic nitrogens is 2. The van der Waals surface area contributed by atoms with Crippen LogP contribution in [0.3, 0.4) is 0 Å². The number of nitrogens with zero attached hydrogens (tertiary/aromatic N) is 2. The molecule has 106 valence electrons. The summed E-state index contributed by atoms with van der Waals surface area (Å²) in [7, 11) is 0. The van der Waals surface area contributed by atoms with E-state index in [9.17, 15) is 0 Å². The average molecular weight is 269 g/mol. The number of nitrogens with one attached hydrogen (secondary N) is 1. The Morgan fingerprint density at radius 1 is 1.25 bits per heavy atom. The fourth-order valence-electron chi connectivity index (χ4n) is 3.14. The summed E-state index contributed by atoms with van der Waals surface area (Å²) >= 11 is 0. The summed E-state index contributed by atoms with van der Waals surface area (Å²) in [5.74, 6) is 1.03. The van der Waals surface area contributed by atoms with E-state index < -0.39 is 0 Å². The van der Waals surface area contributed by atoms with E-state index in [1.165, 1.54) is 31.2 Å². The first kappa shape index (κ1) is 13.2. The van der Waals surface area contributed by atoms with Gasteiger partial charge >= 0.3 is 0 Å². The molecule has 3 rings (SSSR count). The van der Waals surface area contributed by atoms with Gasteiger partial charge in [0.05, 0.1) is 0 Å². The molecule has 0 saturated heterocycles. The number of benzene rings is 1. The van der Waals surface area contributed by atoms with Crippen LogP contribution in [0.4, 0.5) is 5.95 Å². The number of rotatable bonds is 5. The Balaban J connectivity index is 1.64. The lowest BCUT2D eigenvalue weighted by molar-refractivity contribution is 0.520. The molecule has 1 atom stereocenters. The molecule has 1 heterocycles. The van der Waals surface area contributed by atoms with Gasteiger partial charge in [-0.05, 0) is 31.7 Å². The number of imidazole rings is 1. The van der Waals surface area contributed by atoms with E-state index in [2.05, 4.69) is 58.3 Å². The molecule has 0 radical (unpaired) electrons. The molecule has 1 aromatic heterocycles. The van der Waals surface area contributed by atoms with Gasteiger partial charge in [-0.15, -0.1) is 0 Å². The van der Waals surface area contributed by atoms with Gasteiger partial charge in [0.2, 0.25) is 5.95 Å². The minimum absolute atomic E-state index is 0.389. The van der Waals surface area contributed by atoms with Crippen molar-refractivity contribution in [2.45, 2.75) is 51.1 Å². The zero-order chi connectivity index (χ0) is 13.8. The van der Waals surface area contributed by atoms with Crippen LogP contribution in [0.25, 0.3) is 0 Å². The molecule has 3 nitrogen and oxygen atoms in total. The summed E-state index contributed by atoms with van der Waals surface area (Å²) in [6.45, 7) is 2.22. The van der Waals surface area contributed by atoms with E-state index in [-0.39, 0.29) is 0 Å². The van der Waals surface area contributed by atoms with Crippen molar-refractivity contribution < 1.29 is 0 Å². The molecule has 1 N–H and O–H groups in total. The van der Waals surface area contributed by atoms with Gasteiger partial charge in [0.1, 0.15) is 0 Å². The van der Waals surface area contributed by atoms with E-state index in [0.717, 1.165) is 12.4 Å². The summed E-state index contributed by atoms with van der Waals surface area (Å²) < 4.78 is 2.33. The second-order valence-electron chi connectivity index (χ2n) is 5.83. The minimum Gasteiger partial charge on any atom is -0.353 e. The first-order chi connectivity index (χ1) is 9.83. The number of anilines is 1. The molecule has 20 heavy (non-hydrogen) atoms. The van der Waals surface area contributed by atoms with Crippen LogP contribution >= 0.6 is 0 Å². The Labute approximate surface area is 121 Å². The highest BCUT2D eigenvalue weighted by Gasteiger charge is 2.19. The predicted molar refractivity (Wildman–Crippen MR) is 83.0 cm³/mol. The molecule has 2 aromatic rings. The van der Waals surface area contributed by atoms with Crippen molar-refractivity contribution in [2.75, 3.05) is 5.32 Å². The van der Waals surface area contributed by atoms with Crippen LogP contribution in [-0.4, -0.2) is 15.6 Å². The van der Waals surface area contributed by atoms with Gasteiger partial charge in [0.15, 0.2) is 0 Å². The molecule has 1 aliphatic carbocycles. The number of hydrogen-bond donors (Lipinski definition) is 1. The lowest BCUT2D eigenvalue weighted by Gasteiger charge is -2.19. The second kappa shape index (κ2) is 6.12. The maximum Gasteiger partial charge on any atom is 0.203 e. The Morgan fingerprint density at radius 2 is 2.00 bits per heavy atom. The second-order valence-corrected chi connectivity index (χ2v) is 5.83. The minimum atomic E-state index is 0.389. The average Bonchev–Trinajstić information content (AvgIpc) is 3.10. The van der Waals surface area contributed by atoms with Crippen LogP contribution in [0.15, 0.2) is 42.7 Å². The maximum absolute atomic E-state index is 4.49. The van der Waals surface area contributed by atoms with Gasteiger partial charge in [-0.25, -0.2) is 4.98 Å². The topological polar surface area (TPSA) is 29.9 Å². The Kier molecular flexibility index (Phi) is 4.05. The highest BCUT2D eigenvalue weighted by atomic mass is 15.2. The summed E-state index contributed by atoms with van der Waals surface area (Å²) in [6.07, 6.45) is 10.3. The van der Waals surface area contributed by atoms with Crippen molar-refractivity contribution in [3.8, 4) is 0 Å². The monoisotopic (exact) mass is 269 g/mol. The lowest BCUT2D eigenvalue weighted by atomic mass is 10.1. The molecule has 1 aromatic carbocycles. The third-order valence-corrected chi connectivity index (χ3v) is 4.15. The summed E-state index contributed by atoms with van der Waals surface area (Å²) in [5.41, 5.74) is 1.37. The molecular weight excluding hydrogens is 246 g/mol. The molecule has 1 saturated carbocycles. The van der Waals surface area contributed by atoms with Crippen molar-refractivity contribution in [3.63, 3.8) is 0 Å². The van der Waals surface area contributed by atoms with Crippen molar-refractivity contribution in [1.82, 2.24) is 9.55 Å². The molecule has 0 aliphatic heterocycles. The zero-order valence-corrected chi connectivity index (χ0v) is 12.1. The van der Waals surface area contributed by atoms with E-state index in [1.54, 1.807) is 0 Å². The Morgan fingerprint density at radius 3 is 2.75 bits per heavy atom. The van der Waals surface area contributed by atoms with Gasteiger partial charge in [-0.3, -0.25) is 0 Å². The Hall–Kier alpha value is -1.77. The van der Waals surface area contributed by atoms with E-state index >= 15 is 0 Å². The maximum atomic E-state index is 4.49.